The maximum Gasteiger partial charge on any atom is 0.433 e. The van der Waals surface area contributed by atoms with Gasteiger partial charge in [-0.3, -0.25) is 0 Å². The van der Waals surface area contributed by atoms with Gasteiger partial charge in [0.1, 0.15) is 17.5 Å². The molecule has 0 aliphatic rings. The van der Waals surface area contributed by atoms with Gasteiger partial charge in [-0.15, -0.1) is 0 Å². The van der Waals surface area contributed by atoms with E-state index >= 15 is 0 Å². The quantitative estimate of drug-likeness (QED) is 0.921. The Hall–Kier alpha value is -2.75. The lowest BCUT2D eigenvalue weighted by Gasteiger charge is -2.20. The van der Waals surface area contributed by atoms with Crippen LogP contribution in [-0.4, -0.2) is 17.1 Å². The number of pyridine rings is 1. The molecule has 0 amide bonds. The minimum atomic E-state index is -4.58. The molecule has 108 valence electrons. The molecule has 0 aliphatic carbocycles. The van der Waals surface area contributed by atoms with Gasteiger partial charge in [0.25, 0.3) is 0 Å². The number of benzene rings is 1. The van der Waals surface area contributed by atoms with Crippen LogP contribution in [0.1, 0.15) is 11.3 Å². The fourth-order valence-electron chi connectivity index (χ4n) is 1.75. The van der Waals surface area contributed by atoms with Gasteiger partial charge >= 0.3 is 6.18 Å². The molecule has 0 bridgehead atoms. The van der Waals surface area contributed by atoms with Crippen LogP contribution < -0.4 is 4.90 Å². The van der Waals surface area contributed by atoms with Gasteiger partial charge in [-0.05, 0) is 36.4 Å². The van der Waals surface area contributed by atoms with Gasteiger partial charge in [-0.25, -0.2) is 4.98 Å². The third-order valence-corrected chi connectivity index (χ3v) is 2.84. The highest BCUT2D eigenvalue weighted by Gasteiger charge is 2.33. The molecule has 1 N–H and O–H groups in total. The average molecular weight is 293 g/mol. The predicted octanol–water partition coefficient (Wildman–Crippen LogP) is 3.45. The van der Waals surface area contributed by atoms with E-state index in [1.54, 1.807) is 0 Å². The van der Waals surface area contributed by atoms with Crippen molar-refractivity contribution in [2.45, 2.75) is 6.18 Å². The molecular formula is C14H10F3N3O. The molecule has 0 unspecified atom stereocenters. The zero-order valence-electron chi connectivity index (χ0n) is 10.9. The van der Waals surface area contributed by atoms with Crippen LogP contribution in [0.3, 0.4) is 0 Å². The van der Waals surface area contributed by atoms with Crippen molar-refractivity contribution in [1.29, 1.82) is 5.26 Å². The molecule has 1 aromatic heterocycles. The number of aromatic nitrogens is 1. The Morgan fingerprint density at radius 1 is 1.14 bits per heavy atom. The number of aromatic hydroxyl groups is 1. The van der Waals surface area contributed by atoms with Gasteiger partial charge in [0.2, 0.25) is 0 Å². The molecule has 4 nitrogen and oxygen atoms in total. The van der Waals surface area contributed by atoms with Gasteiger partial charge in [0.05, 0.1) is 5.56 Å². The molecule has 2 aromatic rings. The second kappa shape index (κ2) is 5.32. The fraction of sp³-hybridized carbons (Fsp3) is 0.143. The normalized spacial score (nSPS) is 11.0. The van der Waals surface area contributed by atoms with E-state index in [0.717, 1.165) is 12.1 Å². The van der Waals surface area contributed by atoms with Crippen molar-refractivity contribution in [2.75, 3.05) is 11.9 Å². The lowest BCUT2D eigenvalue weighted by Crippen LogP contribution is -2.16. The molecule has 0 atom stereocenters. The van der Waals surface area contributed by atoms with Crippen LogP contribution in [0, 0.1) is 11.3 Å². The first-order valence-electron chi connectivity index (χ1n) is 5.84. The van der Waals surface area contributed by atoms with Crippen molar-refractivity contribution in [1.82, 2.24) is 4.98 Å². The highest BCUT2D eigenvalue weighted by molar-refractivity contribution is 5.65. The number of halogens is 3. The number of nitrogens with zero attached hydrogens (tertiary/aromatic N) is 3. The first-order valence-corrected chi connectivity index (χ1v) is 5.84. The molecule has 1 heterocycles. The molecule has 0 radical (unpaired) electrons. The van der Waals surface area contributed by atoms with E-state index in [1.165, 1.54) is 36.2 Å². The topological polar surface area (TPSA) is 60.1 Å². The third-order valence-electron chi connectivity index (χ3n) is 2.84. The Morgan fingerprint density at radius 2 is 1.76 bits per heavy atom. The van der Waals surface area contributed by atoms with Gasteiger partial charge in [0.15, 0.2) is 5.82 Å². The number of anilines is 2. The van der Waals surface area contributed by atoms with Crippen LogP contribution in [0.15, 0.2) is 36.4 Å². The van der Waals surface area contributed by atoms with Gasteiger partial charge < -0.3 is 10.0 Å². The van der Waals surface area contributed by atoms with E-state index in [4.69, 9.17) is 5.26 Å². The molecule has 1 aromatic carbocycles. The first-order chi connectivity index (χ1) is 9.82. The monoisotopic (exact) mass is 293 g/mol. The van der Waals surface area contributed by atoms with Crippen LogP contribution >= 0.6 is 0 Å². The molecule has 0 spiro atoms. The molecule has 0 saturated heterocycles. The summed E-state index contributed by atoms with van der Waals surface area (Å²) in [6, 6.07) is 9.48. The van der Waals surface area contributed by atoms with E-state index in [-0.39, 0.29) is 17.1 Å². The third kappa shape index (κ3) is 3.05. The van der Waals surface area contributed by atoms with Crippen LogP contribution in [0.2, 0.25) is 0 Å². The molecule has 2 rings (SSSR count). The van der Waals surface area contributed by atoms with Crippen LogP contribution in [0.4, 0.5) is 24.7 Å². The molecule has 7 heteroatoms. The van der Waals surface area contributed by atoms with E-state index < -0.39 is 11.9 Å². The lowest BCUT2D eigenvalue weighted by molar-refractivity contribution is -0.141. The van der Waals surface area contributed by atoms with Crippen LogP contribution in [-0.2, 0) is 6.18 Å². The van der Waals surface area contributed by atoms with Gasteiger partial charge in [-0.2, -0.15) is 18.4 Å². The summed E-state index contributed by atoms with van der Waals surface area (Å²) in [7, 11) is 1.50. The summed E-state index contributed by atoms with van der Waals surface area (Å²) in [5.41, 5.74) is -0.545. The summed E-state index contributed by atoms with van der Waals surface area (Å²) in [6.07, 6.45) is -4.58. The van der Waals surface area contributed by atoms with Gasteiger partial charge in [0, 0.05) is 12.7 Å². The molecule has 0 fully saturated rings. The highest BCUT2D eigenvalue weighted by Crippen LogP contribution is 2.32. The lowest BCUT2D eigenvalue weighted by atomic mass is 10.2. The Morgan fingerprint density at radius 3 is 2.29 bits per heavy atom. The zero-order valence-corrected chi connectivity index (χ0v) is 10.9. The molecule has 0 saturated carbocycles. The standard InChI is InChI=1S/C14H10F3N3O/c1-20(10-3-5-11(21)6-4-10)13-9(8-18)2-7-12(19-13)14(15,16)17/h2-7,21H,1H3. The number of alkyl halides is 3. The smallest absolute Gasteiger partial charge is 0.433 e. The van der Waals surface area contributed by atoms with Crippen LogP contribution in [0.5, 0.6) is 5.75 Å². The molecular weight excluding hydrogens is 283 g/mol. The molecule has 21 heavy (non-hydrogen) atoms. The van der Waals surface area contributed by atoms with Crippen molar-refractivity contribution in [2.24, 2.45) is 0 Å². The van der Waals surface area contributed by atoms with Crippen molar-refractivity contribution in [3.63, 3.8) is 0 Å². The summed E-state index contributed by atoms with van der Waals surface area (Å²) in [5.74, 6) is -0.0670. The van der Waals surface area contributed by atoms with Crippen molar-refractivity contribution < 1.29 is 18.3 Å². The van der Waals surface area contributed by atoms with Crippen molar-refractivity contribution >= 4 is 11.5 Å². The summed E-state index contributed by atoms with van der Waals surface area (Å²) in [4.78, 5) is 4.88. The minimum Gasteiger partial charge on any atom is -0.508 e. The second-order valence-electron chi connectivity index (χ2n) is 4.25. The number of phenolic OH excluding ortho intramolecular Hbond substituents is 1. The summed E-state index contributed by atoms with van der Waals surface area (Å²) < 4.78 is 38.2. The SMILES string of the molecule is CN(c1ccc(O)cc1)c1nc(C(F)(F)F)ccc1C#N. The van der Waals surface area contributed by atoms with E-state index in [2.05, 4.69) is 4.98 Å². The first kappa shape index (κ1) is 14.7. The van der Waals surface area contributed by atoms with Crippen molar-refractivity contribution in [3.05, 3.63) is 47.7 Å². The summed E-state index contributed by atoms with van der Waals surface area (Å²) in [5, 5.41) is 18.2. The Kier molecular flexibility index (Phi) is 3.72. The number of hydrogen-bond acceptors (Lipinski definition) is 4. The fourth-order valence-corrected chi connectivity index (χ4v) is 1.75. The maximum absolute atomic E-state index is 12.7. The average Bonchev–Trinajstić information content (AvgIpc) is 2.45. The Balaban J connectivity index is 2.51. The highest BCUT2D eigenvalue weighted by atomic mass is 19.4. The molecule has 0 aliphatic heterocycles. The number of rotatable bonds is 2. The minimum absolute atomic E-state index is 0.0265. The number of phenols is 1. The second-order valence-corrected chi connectivity index (χ2v) is 4.25. The predicted molar refractivity (Wildman–Crippen MR) is 70.1 cm³/mol. The number of hydrogen-bond donors (Lipinski definition) is 1. The summed E-state index contributed by atoms with van der Waals surface area (Å²) in [6.45, 7) is 0. The zero-order chi connectivity index (χ0) is 15.6. The van der Waals surface area contributed by atoms with E-state index in [9.17, 15) is 18.3 Å². The Labute approximate surface area is 118 Å². The van der Waals surface area contributed by atoms with E-state index in [0.29, 0.717) is 5.69 Å². The Bertz CT molecular complexity index is 690. The van der Waals surface area contributed by atoms with E-state index in [1.807, 2.05) is 6.07 Å². The maximum atomic E-state index is 12.7. The van der Waals surface area contributed by atoms with Crippen LogP contribution in [0.25, 0.3) is 0 Å². The number of nitriles is 1. The summed E-state index contributed by atoms with van der Waals surface area (Å²) >= 11 is 0. The largest absolute Gasteiger partial charge is 0.508 e. The van der Waals surface area contributed by atoms with Crippen molar-refractivity contribution in [3.8, 4) is 11.8 Å². The van der Waals surface area contributed by atoms with Gasteiger partial charge in [-0.1, -0.05) is 0 Å².